The van der Waals surface area contributed by atoms with Crippen LogP contribution in [0.3, 0.4) is 0 Å². The van der Waals surface area contributed by atoms with Crippen molar-refractivity contribution in [2.24, 2.45) is 4.99 Å². The summed E-state index contributed by atoms with van der Waals surface area (Å²) in [6.45, 7) is 4.43. The summed E-state index contributed by atoms with van der Waals surface area (Å²) in [4.78, 5) is 18.2. The van der Waals surface area contributed by atoms with E-state index in [1.165, 1.54) is 12.8 Å². The van der Waals surface area contributed by atoms with E-state index in [-0.39, 0.29) is 29.9 Å². The number of rotatable bonds is 5. The van der Waals surface area contributed by atoms with Gasteiger partial charge >= 0.3 is 0 Å². The zero-order valence-electron chi connectivity index (χ0n) is 13.5. The van der Waals surface area contributed by atoms with E-state index < -0.39 is 0 Å². The quantitative estimate of drug-likeness (QED) is 0.431. The Balaban J connectivity index is 0.00000192. The normalized spacial score (nSPS) is 17.9. The molecule has 126 valence electrons. The van der Waals surface area contributed by atoms with Gasteiger partial charge in [0.05, 0.1) is 6.54 Å². The largest absolute Gasteiger partial charge is 0.357 e. The van der Waals surface area contributed by atoms with Gasteiger partial charge in [0.15, 0.2) is 5.96 Å². The first-order chi connectivity index (χ1) is 10.8. The van der Waals surface area contributed by atoms with E-state index in [9.17, 15) is 4.79 Å². The molecule has 0 radical (unpaired) electrons. The van der Waals surface area contributed by atoms with Gasteiger partial charge in [-0.2, -0.15) is 0 Å². The van der Waals surface area contributed by atoms with Gasteiger partial charge in [0.25, 0.3) is 0 Å². The van der Waals surface area contributed by atoms with Crippen LogP contribution in [0.5, 0.6) is 0 Å². The molecule has 1 aromatic rings. The molecule has 1 saturated heterocycles. The van der Waals surface area contributed by atoms with Crippen LogP contribution in [0.2, 0.25) is 0 Å². The van der Waals surface area contributed by atoms with E-state index in [0.29, 0.717) is 19.0 Å². The predicted octanol–water partition coefficient (Wildman–Crippen LogP) is 2.65. The average Bonchev–Trinajstić information content (AvgIpc) is 3.24. The lowest BCUT2D eigenvalue weighted by atomic mass is 10.2. The fraction of sp³-hybridized carbons (Fsp3) is 0.529. The molecule has 6 heteroatoms. The Morgan fingerprint density at radius 2 is 2.04 bits per heavy atom. The lowest BCUT2D eigenvalue weighted by molar-refractivity contribution is -0.117. The summed E-state index contributed by atoms with van der Waals surface area (Å²) in [7, 11) is 0. The number of halogens is 1. The third-order valence-corrected chi connectivity index (χ3v) is 4.00. The maximum Gasteiger partial charge on any atom is 0.227 e. The van der Waals surface area contributed by atoms with Crippen LogP contribution in [0.1, 0.15) is 38.2 Å². The molecule has 1 saturated carbocycles. The Labute approximate surface area is 154 Å². The molecule has 2 fully saturated rings. The van der Waals surface area contributed by atoms with Crippen molar-refractivity contribution < 1.29 is 4.79 Å². The van der Waals surface area contributed by atoms with E-state index in [1.54, 1.807) is 0 Å². The van der Waals surface area contributed by atoms with Crippen molar-refractivity contribution in [2.75, 3.05) is 18.0 Å². The molecule has 23 heavy (non-hydrogen) atoms. The van der Waals surface area contributed by atoms with E-state index >= 15 is 0 Å². The number of guanidine groups is 1. The number of amides is 1. The molecule has 0 spiro atoms. The molecular weight excluding hydrogens is 403 g/mol. The molecule has 0 aromatic heterocycles. The molecule has 0 bridgehead atoms. The summed E-state index contributed by atoms with van der Waals surface area (Å²) in [5, 5.41) is 6.68. The van der Waals surface area contributed by atoms with Gasteiger partial charge in [0, 0.05) is 31.2 Å². The van der Waals surface area contributed by atoms with Gasteiger partial charge in [-0.3, -0.25) is 4.79 Å². The maximum atomic E-state index is 11.7. The molecule has 1 aliphatic carbocycles. The van der Waals surface area contributed by atoms with Crippen LogP contribution in [-0.2, 0) is 11.3 Å². The van der Waals surface area contributed by atoms with Crippen molar-refractivity contribution in [1.82, 2.24) is 10.6 Å². The lowest BCUT2D eigenvalue weighted by Gasteiger charge is -2.15. The number of nitrogens with one attached hydrogen (secondary N) is 2. The minimum absolute atomic E-state index is 0. The molecule has 2 aliphatic rings. The number of anilines is 1. The molecule has 1 amide bonds. The second kappa shape index (κ2) is 8.52. The van der Waals surface area contributed by atoms with Gasteiger partial charge in [-0.25, -0.2) is 4.99 Å². The van der Waals surface area contributed by atoms with Crippen molar-refractivity contribution >= 4 is 41.5 Å². The van der Waals surface area contributed by atoms with E-state index in [4.69, 9.17) is 0 Å². The number of nitrogens with zero attached hydrogens (tertiary/aromatic N) is 2. The number of hydrogen-bond donors (Lipinski definition) is 2. The predicted molar refractivity (Wildman–Crippen MR) is 104 cm³/mol. The fourth-order valence-corrected chi connectivity index (χ4v) is 2.61. The summed E-state index contributed by atoms with van der Waals surface area (Å²) >= 11 is 0. The Hall–Kier alpha value is -1.31. The molecule has 3 rings (SSSR count). The summed E-state index contributed by atoms with van der Waals surface area (Å²) in [5.41, 5.74) is 2.15. The summed E-state index contributed by atoms with van der Waals surface area (Å²) in [6, 6.07) is 8.77. The van der Waals surface area contributed by atoms with Crippen LogP contribution in [0.25, 0.3) is 0 Å². The summed E-state index contributed by atoms with van der Waals surface area (Å²) in [6.07, 6.45) is 4.11. The first-order valence-corrected chi connectivity index (χ1v) is 8.20. The number of aliphatic imine (C=N–C) groups is 1. The monoisotopic (exact) mass is 428 g/mol. The zero-order chi connectivity index (χ0) is 15.4. The minimum atomic E-state index is 0. The Morgan fingerprint density at radius 1 is 1.30 bits per heavy atom. The van der Waals surface area contributed by atoms with Crippen molar-refractivity contribution in [1.29, 1.82) is 0 Å². The zero-order valence-corrected chi connectivity index (χ0v) is 15.9. The summed E-state index contributed by atoms with van der Waals surface area (Å²) in [5.74, 6) is 1.12. The van der Waals surface area contributed by atoms with Gasteiger partial charge < -0.3 is 15.5 Å². The van der Waals surface area contributed by atoms with Gasteiger partial charge in [0.1, 0.15) is 0 Å². The molecule has 5 nitrogen and oxygen atoms in total. The highest BCUT2D eigenvalue weighted by molar-refractivity contribution is 14.0. The number of carbonyl (C=O) groups is 1. The van der Waals surface area contributed by atoms with E-state index in [1.807, 2.05) is 17.0 Å². The van der Waals surface area contributed by atoms with Crippen molar-refractivity contribution in [3.63, 3.8) is 0 Å². The minimum Gasteiger partial charge on any atom is -0.357 e. The van der Waals surface area contributed by atoms with Crippen LogP contribution in [0.4, 0.5) is 5.69 Å². The molecule has 1 aromatic carbocycles. The van der Waals surface area contributed by atoms with Gasteiger partial charge in [-0.1, -0.05) is 12.1 Å². The molecule has 2 N–H and O–H groups in total. The first-order valence-electron chi connectivity index (χ1n) is 8.20. The van der Waals surface area contributed by atoms with Gasteiger partial charge in [-0.15, -0.1) is 24.0 Å². The highest BCUT2D eigenvalue weighted by Gasteiger charge is 2.22. The van der Waals surface area contributed by atoms with Crippen molar-refractivity contribution in [3.8, 4) is 0 Å². The maximum absolute atomic E-state index is 11.7. The van der Waals surface area contributed by atoms with Crippen LogP contribution in [0.15, 0.2) is 29.3 Å². The second-order valence-corrected chi connectivity index (χ2v) is 5.93. The Kier molecular flexibility index (Phi) is 6.68. The highest BCUT2D eigenvalue weighted by atomic mass is 127. The molecule has 0 atom stereocenters. The number of benzene rings is 1. The lowest BCUT2D eigenvalue weighted by Crippen LogP contribution is -2.38. The Bertz CT molecular complexity index is 554. The van der Waals surface area contributed by atoms with Crippen LogP contribution in [-0.4, -0.2) is 31.0 Å². The van der Waals surface area contributed by atoms with Gasteiger partial charge in [0.2, 0.25) is 5.91 Å². The third-order valence-electron chi connectivity index (χ3n) is 4.00. The topological polar surface area (TPSA) is 56.7 Å². The third kappa shape index (κ3) is 5.09. The average molecular weight is 428 g/mol. The smallest absolute Gasteiger partial charge is 0.227 e. The molecule has 1 heterocycles. The first kappa shape index (κ1) is 18.0. The second-order valence-electron chi connectivity index (χ2n) is 5.93. The summed E-state index contributed by atoms with van der Waals surface area (Å²) < 4.78 is 0. The Morgan fingerprint density at radius 3 is 2.61 bits per heavy atom. The highest BCUT2D eigenvalue weighted by Crippen LogP contribution is 2.22. The van der Waals surface area contributed by atoms with E-state index in [0.717, 1.165) is 36.7 Å². The van der Waals surface area contributed by atoms with Crippen LogP contribution in [0, 0.1) is 0 Å². The number of carbonyl (C=O) groups excluding carboxylic acids is 1. The molecule has 0 unspecified atom stereocenters. The van der Waals surface area contributed by atoms with Crippen molar-refractivity contribution in [3.05, 3.63) is 29.8 Å². The van der Waals surface area contributed by atoms with E-state index in [2.05, 4.69) is 34.7 Å². The SMILES string of the molecule is CCNC(=NCc1ccc(N2CCCC2=O)cc1)NC1CC1.I. The van der Waals surface area contributed by atoms with Gasteiger partial charge in [-0.05, 0) is 43.9 Å². The number of hydrogen-bond acceptors (Lipinski definition) is 2. The fourth-order valence-electron chi connectivity index (χ4n) is 2.61. The molecule has 1 aliphatic heterocycles. The standard InChI is InChI=1S/C17H24N4O.HI/c1-2-18-17(20-14-7-8-14)19-12-13-5-9-15(10-6-13)21-11-3-4-16(21)22;/h5-6,9-10,14H,2-4,7-8,11-12H2,1H3,(H2,18,19,20);1H. The molecular formula is C17H25IN4O. The van der Waals surface area contributed by atoms with Crippen molar-refractivity contribution in [2.45, 2.75) is 45.2 Å². The van der Waals surface area contributed by atoms with Crippen LogP contribution >= 0.6 is 24.0 Å². The van der Waals surface area contributed by atoms with Crippen LogP contribution < -0.4 is 15.5 Å².